The maximum absolute atomic E-state index is 11.7. The lowest BCUT2D eigenvalue weighted by Gasteiger charge is -2.28. The highest BCUT2D eigenvalue weighted by atomic mass is 79.9. The Hall–Kier alpha value is -3.19. The van der Waals surface area contributed by atoms with E-state index in [2.05, 4.69) is 15.9 Å². The van der Waals surface area contributed by atoms with Gasteiger partial charge >= 0.3 is 5.97 Å². The Morgan fingerprint density at radius 1 is 1.14 bits per heavy atom. The normalized spacial score (nSPS) is 17.6. The number of hydrogen-bond donors (Lipinski definition) is 0. The number of rotatable bonds is 4. The lowest BCUT2D eigenvalue weighted by Crippen LogP contribution is -2.26. The molecule has 0 saturated carbocycles. The quantitative estimate of drug-likeness (QED) is 0.287. The molecule has 0 aliphatic heterocycles. The molecule has 0 N–H and O–H groups in total. The highest BCUT2D eigenvalue weighted by Crippen LogP contribution is 2.44. The molecule has 7 heteroatoms. The highest BCUT2D eigenvalue weighted by molar-refractivity contribution is 9.10. The van der Waals surface area contributed by atoms with E-state index in [-0.39, 0.29) is 11.6 Å². The van der Waals surface area contributed by atoms with Crippen molar-refractivity contribution in [3.63, 3.8) is 0 Å². The number of nitro groups is 1. The zero-order chi connectivity index (χ0) is 20.5. The lowest BCUT2D eigenvalue weighted by molar-refractivity contribution is -0.384. The molecule has 0 spiro atoms. The van der Waals surface area contributed by atoms with Crippen LogP contribution in [0.25, 0.3) is 17.4 Å². The number of carbonyl (C=O) groups excluding carboxylic acids is 1. The van der Waals surface area contributed by atoms with Crippen molar-refractivity contribution in [2.75, 3.05) is 0 Å². The van der Waals surface area contributed by atoms with E-state index in [9.17, 15) is 14.9 Å². The van der Waals surface area contributed by atoms with Gasteiger partial charge in [0, 0.05) is 40.2 Å². The Labute approximate surface area is 175 Å². The zero-order valence-electron chi connectivity index (χ0n) is 15.4. The summed E-state index contributed by atoms with van der Waals surface area (Å²) in [5, 5.41) is 11.0. The minimum absolute atomic E-state index is 0.00434. The number of nitro benzene ring substituents is 1. The molecular formula is C22H16BrNO5. The van der Waals surface area contributed by atoms with Gasteiger partial charge in [0.2, 0.25) is 0 Å². The predicted octanol–water partition coefficient (Wildman–Crippen LogP) is 5.71. The smallest absolute Gasteiger partial charge is 0.303 e. The molecule has 1 aromatic heterocycles. The van der Waals surface area contributed by atoms with E-state index in [1.807, 2.05) is 36.4 Å². The second-order valence-electron chi connectivity index (χ2n) is 6.70. The summed E-state index contributed by atoms with van der Waals surface area (Å²) < 4.78 is 12.4. The SMILES string of the molecule is CC(=O)O[C@@H]1C=Cc2coc(-c3ccc(Br)cc3)c2[C@H]1c1ccc([N+](=O)[O-])cc1. The largest absolute Gasteiger partial charge is 0.463 e. The van der Waals surface area contributed by atoms with Crippen molar-refractivity contribution in [2.24, 2.45) is 0 Å². The highest BCUT2D eigenvalue weighted by Gasteiger charge is 2.34. The van der Waals surface area contributed by atoms with Crippen molar-refractivity contribution >= 4 is 33.7 Å². The topological polar surface area (TPSA) is 82.6 Å². The molecule has 1 aliphatic carbocycles. The molecule has 2 aromatic carbocycles. The second-order valence-corrected chi connectivity index (χ2v) is 7.62. The number of fused-ring (bicyclic) bond motifs is 1. The van der Waals surface area contributed by atoms with Crippen molar-refractivity contribution in [2.45, 2.75) is 18.9 Å². The molecule has 0 bridgehead atoms. The van der Waals surface area contributed by atoms with E-state index >= 15 is 0 Å². The summed E-state index contributed by atoms with van der Waals surface area (Å²) in [5.74, 6) is -0.0712. The van der Waals surface area contributed by atoms with Gasteiger partial charge in [0.25, 0.3) is 5.69 Å². The molecule has 0 radical (unpaired) electrons. The third-order valence-electron chi connectivity index (χ3n) is 4.84. The summed E-state index contributed by atoms with van der Waals surface area (Å²) in [6, 6.07) is 14.0. The fourth-order valence-electron chi connectivity index (χ4n) is 3.59. The third kappa shape index (κ3) is 3.73. The van der Waals surface area contributed by atoms with Crippen LogP contribution in [0.4, 0.5) is 5.69 Å². The number of ether oxygens (including phenoxy) is 1. The van der Waals surface area contributed by atoms with Crippen molar-refractivity contribution in [3.8, 4) is 11.3 Å². The van der Waals surface area contributed by atoms with E-state index in [1.165, 1.54) is 19.1 Å². The molecule has 0 unspecified atom stereocenters. The van der Waals surface area contributed by atoms with Gasteiger partial charge < -0.3 is 9.15 Å². The van der Waals surface area contributed by atoms with Gasteiger partial charge in [0.05, 0.1) is 17.1 Å². The minimum atomic E-state index is -0.548. The fourth-order valence-corrected chi connectivity index (χ4v) is 3.85. The van der Waals surface area contributed by atoms with Crippen LogP contribution < -0.4 is 0 Å². The minimum Gasteiger partial charge on any atom is -0.463 e. The summed E-state index contributed by atoms with van der Waals surface area (Å²) in [7, 11) is 0. The van der Waals surface area contributed by atoms with Gasteiger partial charge in [-0.1, -0.05) is 46.3 Å². The summed E-state index contributed by atoms with van der Waals surface area (Å²) in [5.41, 5.74) is 3.46. The Kier molecular flexibility index (Phi) is 5.07. The number of nitrogens with zero attached hydrogens (tertiary/aromatic N) is 1. The average molecular weight is 454 g/mol. The van der Waals surface area contributed by atoms with E-state index in [4.69, 9.17) is 9.15 Å². The lowest BCUT2D eigenvalue weighted by atomic mass is 9.80. The molecule has 3 aromatic rings. The maximum atomic E-state index is 11.7. The third-order valence-corrected chi connectivity index (χ3v) is 5.36. The molecule has 6 nitrogen and oxygen atoms in total. The number of halogens is 1. The molecule has 29 heavy (non-hydrogen) atoms. The zero-order valence-corrected chi connectivity index (χ0v) is 17.0. The van der Waals surface area contributed by atoms with Crippen LogP contribution in [0.15, 0.2) is 69.8 Å². The number of benzene rings is 2. The second kappa shape index (κ2) is 7.67. The summed E-state index contributed by atoms with van der Waals surface area (Å²) >= 11 is 3.43. The Morgan fingerprint density at radius 2 is 1.83 bits per heavy atom. The first-order valence-corrected chi connectivity index (χ1v) is 9.70. The van der Waals surface area contributed by atoms with Crippen LogP contribution in [-0.2, 0) is 9.53 Å². The van der Waals surface area contributed by atoms with Gasteiger partial charge in [-0.05, 0) is 23.8 Å². The molecule has 2 atom stereocenters. The van der Waals surface area contributed by atoms with Gasteiger partial charge in [-0.15, -0.1) is 0 Å². The summed E-state index contributed by atoms with van der Waals surface area (Å²) in [6.45, 7) is 1.36. The molecule has 4 rings (SSSR count). The van der Waals surface area contributed by atoms with Crippen molar-refractivity contribution < 1.29 is 18.9 Å². The number of furan rings is 1. The average Bonchev–Trinajstić information content (AvgIpc) is 3.12. The van der Waals surface area contributed by atoms with Crippen molar-refractivity contribution in [1.29, 1.82) is 0 Å². The van der Waals surface area contributed by atoms with Crippen LogP contribution >= 0.6 is 15.9 Å². The first kappa shape index (κ1) is 19.1. The molecule has 1 aliphatic rings. The Morgan fingerprint density at radius 3 is 2.45 bits per heavy atom. The van der Waals surface area contributed by atoms with Crippen LogP contribution in [0.2, 0.25) is 0 Å². The first-order valence-electron chi connectivity index (χ1n) is 8.91. The molecule has 0 saturated heterocycles. The molecule has 0 amide bonds. The molecular weight excluding hydrogens is 438 g/mol. The van der Waals surface area contributed by atoms with Crippen molar-refractivity contribution in [3.05, 3.63) is 92.1 Å². The predicted molar refractivity (Wildman–Crippen MR) is 111 cm³/mol. The maximum Gasteiger partial charge on any atom is 0.303 e. The van der Waals surface area contributed by atoms with Gasteiger partial charge in [-0.3, -0.25) is 14.9 Å². The van der Waals surface area contributed by atoms with Gasteiger partial charge in [0.1, 0.15) is 11.9 Å². The van der Waals surface area contributed by atoms with E-state index in [0.29, 0.717) is 5.76 Å². The van der Waals surface area contributed by atoms with Crippen molar-refractivity contribution in [1.82, 2.24) is 0 Å². The van der Waals surface area contributed by atoms with E-state index < -0.39 is 17.0 Å². The Bertz CT molecular complexity index is 1100. The summed E-state index contributed by atoms with van der Waals surface area (Å²) in [4.78, 5) is 22.3. The van der Waals surface area contributed by atoms with Crippen LogP contribution in [0.1, 0.15) is 29.5 Å². The van der Waals surface area contributed by atoms with Crippen LogP contribution in [-0.4, -0.2) is 17.0 Å². The number of hydrogen-bond acceptors (Lipinski definition) is 5. The molecule has 146 valence electrons. The number of carbonyl (C=O) groups is 1. The fraction of sp³-hybridized carbons (Fsp3) is 0.136. The monoisotopic (exact) mass is 453 g/mol. The van der Waals surface area contributed by atoms with Gasteiger partial charge in [0.15, 0.2) is 0 Å². The first-order chi connectivity index (χ1) is 13.9. The van der Waals surface area contributed by atoms with E-state index in [1.54, 1.807) is 18.4 Å². The standard InChI is InChI=1S/C22H16BrNO5/c1-13(25)29-19-11-6-16-12-28-22(15-2-7-17(23)8-3-15)21(16)20(19)14-4-9-18(10-5-14)24(26)27/h2-12,19-20H,1H3/t19-,20+/m1/s1. The van der Waals surface area contributed by atoms with Crippen LogP contribution in [0.5, 0.6) is 0 Å². The summed E-state index contributed by atoms with van der Waals surface area (Å²) in [6.07, 6.45) is 4.81. The van der Waals surface area contributed by atoms with Crippen LogP contribution in [0, 0.1) is 10.1 Å². The Balaban J connectivity index is 1.85. The molecule has 1 heterocycles. The number of non-ortho nitro benzene ring substituents is 1. The van der Waals surface area contributed by atoms with Crippen LogP contribution in [0.3, 0.4) is 0 Å². The van der Waals surface area contributed by atoms with Gasteiger partial charge in [-0.2, -0.15) is 0 Å². The van der Waals surface area contributed by atoms with Gasteiger partial charge in [-0.25, -0.2) is 0 Å². The molecule has 0 fully saturated rings. The van der Waals surface area contributed by atoms with E-state index in [0.717, 1.165) is 26.7 Å². The number of esters is 1.